The second kappa shape index (κ2) is 7.02. The molecule has 1 saturated heterocycles. The molecule has 1 aromatic carbocycles. The van der Waals surface area contributed by atoms with Crippen LogP contribution in [0.5, 0.6) is 0 Å². The fourth-order valence-electron chi connectivity index (χ4n) is 2.72. The molecule has 2 aromatic rings. The number of hydrogen-bond donors (Lipinski definition) is 2. The molecule has 1 aromatic heterocycles. The zero-order valence-corrected chi connectivity index (χ0v) is 12.8. The average molecular weight is 311 g/mol. The number of halogens is 2. The van der Waals surface area contributed by atoms with Gasteiger partial charge >= 0.3 is 0 Å². The molecule has 1 unspecified atom stereocenters. The molecule has 114 valence electrons. The van der Waals surface area contributed by atoms with Crippen LogP contribution in [0.25, 0.3) is 11.3 Å². The van der Waals surface area contributed by atoms with Crippen molar-refractivity contribution >= 4 is 12.4 Å². The van der Waals surface area contributed by atoms with Gasteiger partial charge in [-0.2, -0.15) is 5.10 Å². The number of aromatic nitrogens is 2. The number of H-pyrrole nitrogens is 1. The van der Waals surface area contributed by atoms with Gasteiger partial charge in [-0.05, 0) is 19.1 Å². The van der Waals surface area contributed by atoms with Crippen molar-refractivity contribution in [2.24, 2.45) is 0 Å². The lowest BCUT2D eigenvalue weighted by Crippen LogP contribution is -2.48. The smallest absolute Gasteiger partial charge is 0.132 e. The highest BCUT2D eigenvalue weighted by atomic mass is 35.5. The van der Waals surface area contributed by atoms with Crippen LogP contribution in [0.15, 0.2) is 30.5 Å². The van der Waals surface area contributed by atoms with Gasteiger partial charge in [0.05, 0.1) is 11.9 Å². The van der Waals surface area contributed by atoms with Crippen molar-refractivity contribution in [3.63, 3.8) is 0 Å². The van der Waals surface area contributed by atoms with E-state index in [2.05, 4.69) is 27.3 Å². The van der Waals surface area contributed by atoms with Gasteiger partial charge in [0.2, 0.25) is 0 Å². The summed E-state index contributed by atoms with van der Waals surface area (Å²) in [5.41, 5.74) is 2.42. The Kier molecular flexibility index (Phi) is 5.33. The van der Waals surface area contributed by atoms with E-state index < -0.39 is 0 Å². The molecule has 21 heavy (non-hydrogen) atoms. The summed E-state index contributed by atoms with van der Waals surface area (Å²) >= 11 is 0. The van der Waals surface area contributed by atoms with Gasteiger partial charge in [0, 0.05) is 43.3 Å². The standard InChI is InChI=1S/C15H19FN4.ClH/c1-11-9-20(7-6-17-11)10-12-8-18-19-15(12)13-4-2-3-5-14(13)16;/h2-5,8,11,17H,6-7,9-10H2,1H3,(H,18,19);1H. The van der Waals surface area contributed by atoms with Gasteiger partial charge in [-0.25, -0.2) is 4.39 Å². The number of aromatic amines is 1. The predicted molar refractivity (Wildman–Crippen MR) is 84.0 cm³/mol. The summed E-state index contributed by atoms with van der Waals surface area (Å²) in [5.74, 6) is -0.216. The molecule has 6 heteroatoms. The van der Waals surface area contributed by atoms with Crippen molar-refractivity contribution in [1.29, 1.82) is 0 Å². The molecule has 0 spiro atoms. The van der Waals surface area contributed by atoms with E-state index in [0.717, 1.165) is 37.4 Å². The van der Waals surface area contributed by atoms with E-state index in [9.17, 15) is 4.39 Å². The van der Waals surface area contributed by atoms with E-state index in [4.69, 9.17) is 0 Å². The molecule has 1 aliphatic rings. The minimum absolute atomic E-state index is 0. The van der Waals surface area contributed by atoms with E-state index >= 15 is 0 Å². The number of rotatable bonds is 3. The Morgan fingerprint density at radius 2 is 2.19 bits per heavy atom. The second-order valence-corrected chi connectivity index (χ2v) is 5.34. The van der Waals surface area contributed by atoms with Crippen molar-refractivity contribution in [2.75, 3.05) is 19.6 Å². The first-order chi connectivity index (χ1) is 9.74. The Balaban J connectivity index is 0.00000161. The predicted octanol–water partition coefficient (Wildman–Crippen LogP) is 2.43. The molecule has 4 nitrogen and oxygen atoms in total. The summed E-state index contributed by atoms with van der Waals surface area (Å²) in [4.78, 5) is 2.37. The summed E-state index contributed by atoms with van der Waals surface area (Å²) in [6, 6.07) is 7.30. The van der Waals surface area contributed by atoms with Crippen LogP contribution in [-0.2, 0) is 6.54 Å². The number of hydrogen-bond acceptors (Lipinski definition) is 3. The third kappa shape index (κ3) is 3.61. The Labute approximate surface area is 130 Å². The van der Waals surface area contributed by atoms with Crippen LogP contribution in [0.2, 0.25) is 0 Å². The summed E-state index contributed by atoms with van der Waals surface area (Å²) in [5, 5.41) is 10.4. The normalized spacial score (nSPS) is 19.2. The van der Waals surface area contributed by atoms with Gasteiger partial charge in [0.1, 0.15) is 5.82 Å². The number of piperazine rings is 1. The molecule has 1 atom stereocenters. The first-order valence-corrected chi connectivity index (χ1v) is 6.97. The summed E-state index contributed by atoms with van der Waals surface area (Å²) in [6.07, 6.45) is 1.80. The summed E-state index contributed by atoms with van der Waals surface area (Å²) < 4.78 is 13.9. The molecular formula is C15H20ClFN4. The Bertz CT molecular complexity index is 587. The minimum Gasteiger partial charge on any atom is -0.312 e. The van der Waals surface area contributed by atoms with Crippen LogP contribution in [-0.4, -0.2) is 40.8 Å². The maximum Gasteiger partial charge on any atom is 0.132 e. The first-order valence-electron chi connectivity index (χ1n) is 6.97. The lowest BCUT2D eigenvalue weighted by molar-refractivity contribution is 0.200. The summed E-state index contributed by atoms with van der Waals surface area (Å²) in [6.45, 7) is 5.98. The maximum atomic E-state index is 13.9. The quantitative estimate of drug-likeness (QED) is 0.915. The third-order valence-electron chi connectivity index (χ3n) is 3.71. The Hall–Kier alpha value is -1.43. The van der Waals surface area contributed by atoms with Crippen molar-refractivity contribution < 1.29 is 4.39 Å². The second-order valence-electron chi connectivity index (χ2n) is 5.34. The SMILES string of the molecule is CC1CN(Cc2cn[nH]c2-c2ccccc2F)CCN1.Cl. The van der Waals surface area contributed by atoms with E-state index in [-0.39, 0.29) is 18.2 Å². The molecule has 2 N–H and O–H groups in total. The molecule has 0 amide bonds. The largest absolute Gasteiger partial charge is 0.312 e. The van der Waals surface area contributed by atoms with Crippen molar-refractivity contribution in [1.82, 2.24) is 20.4 Å². The first kappa shape index (κ1) is 15.9. The van der Waals surface area contributed by atoms with Crippen LogP contribution in [0.4, 0.5) is 4.39 Å². The van der Waals surface area contributed by atoms with Gasteiger partial charge in [-0.15, -0.1) is 12.4 Å². The zero-order valence-electron chi connectivity index (χ0n) is 12.0. The average Bonchev–Trinajstić information content (AvgIpc) is 2.87. The molecular weight excluding hydrogens is 291 g/mol. The highest BCUT2D eigenvalue weighted by Gasteiger charge is 2.18. The monoisotopic (exact) mass is 310 g/mol. The maximum absolute atomic E-state index is 13.9. The lowest BCUT2D eigenvalue weighted by atomic mass is 10.1. The van der Waals surface area contributed by atoms with Crippen molar-refractivity contribution in [3.05, 3.63) is 41.8 Å². The number of benzene rings is 1. The molecule has 1 fully saturated rings. The van der Waals surface area contributed by atoms with E-state index in [1.165, 1.54) is 6.07 Å². The van der Waals surface area contributed by atoms with Crippen LogP contribution in [0.3, 0.4) is 0 Å². The number of nitrogens with one attached hydrogen (secondary N) is 2. The number of nitrogens with zero attached hydrogens (tertiary/aromatic N) is 2. The molecule has 1 aliphatic heterocycles. The highest BCUT2D eigenvalue weighted by Crippen LogP contribution is 2.25. The van der Waals surface area contributed by atoms with Gasteiger partial charge in [0.15, 0.2) is 0 Å². The molecule has 0 radical (unpaired) electrons. The molecule has 3 rings (SSSR count). The topological polar surface area (TPSA) is 44.0 Å². The Morgan fingerprint density at radius 1 is 1.38 bits per heavy atom. The minimum atomic E-state index is -0.216. The fraction of sp³-hybridized carbons (Fsp3) is 0.400. The van der Waals surface area contributed by atoms with Crippen LogP contribution in [0.1, 0.15) is 12.5 Å². The van der Waals surface area contributed by atoms with Crippen LogP contribution in [0, 0.1) is 5.82 Å². The van der Waals surface area contributed by atoms with Crippen LogP contribution < -0.4 is 5.32 Å². The molecule has 0 bridgehead atoms. The van der Waals surface area contributed by atoms with Gasteiger partial charge in [-0.1, -0.05) is 12.1 Å². The molecule has 2 heterocycles. The van der Waals surface area contributed by atoms with Gasteiger partial charge in [-0.3, -0.25) is 10.00 Å². The third-order valence-corrected chi connectivity index (χ3v) is 3.71. The zero-order chi connectivity index (χ0) is 13.9. The van der Waals surface area contributed by atoms with Crippen molar-refractivity contribution in [2.45, 2.75) is 19.5 Å². The fourth-order valence-corrected chi connectivity index (χ4v) is 2.72. The highest BCUT2D eigenvalue weighted by molar-refractivity contribution is 5.85. The van der Waals surface area contributed by atoms with Crippen LogP contribution >= 0.6 is 12.4 Å². The molecule has 0 aliphatic carbocycles. The van der Waals surface area contributed by atoms with Gasteiger partial charge < -0.3 is 5.32 Å². The molecule has 0 saturated carbocycles. The summed E-state index contributed by atoms with van der Waals surface area (Å²) in [7, 11) is 0. The van der Waals surface area contributed by atoms with E-state index in [1.807, 2.05) is 6.07 Å². The van der Waals surface area contributed by atoms with E-state index in [0.29, 0.717) is 11.6 Å². The van der Waals surface area contributed by atoms with Crippen molar-refractivity contribution in [3.8, 4) is 11.3 Å². The van der Waals surface area contributed by atoms with E-state index in [1.54, 1.807) is 18.3 Å². The lowest BCUT2D eigenvalue weighted by Gasteiger charge is -2.31. The van der Waals surface area contributed by atoms with Gasteiger partial charge in [0.25, 0.3) is 0 Å². The Morgan fingerprint density at radius 3 is 2.95 bits per heavy atom.